The van der Waals surface area contributed by atoms with Gasteiger partial charge in [-0.1, -0.05) is 37.3 Å². The van der Waals surface area contributed by atoms with Crippen molar-refractivity contribution in [2.24, 2.45) is 11.8 Å². The Morgan fingerprint density at radius 1 is 1.18 bits per heavy atom. The molecule has 3 aromatic rings. The zero-order chi connectivity index (χ0) is 23.9. The Labute approximate surface area is 198 Å². The van der Waals surface area contributed by atoms with E-state index in [1.54, 1.807) is 6.20 Å². The third kappa shape index (κ3) is 5.88. The molecule has 0 spiro atoms. The molecule has 0 saturated carbocycles. The van der Waals surface area contributed by atoms with E-state index >= 15 is 0 Å². The monoisotopic (exact) mass is 465 g/mol. The first kappa shape index (κ1) is 23.6. The second-order valence-electron chi connectivity index (χ2n) is 8.97. The van der Waals surface area contributed by atoms with Crippen LogP contribution in [0.15, 0.2) is 42.6 Å². The van der Waals surface area contributed by atoms with Gasteiger partial charge in [0.2, 0.25) is 5.88 Å². The Hall–Kier alpha value is -3.53. The maximum atomic E-state index is 12.1. The highest BCUT2D eigenvalue weighted by atomic mass is 16.5. The molecular formula is C24H31N7O3. The van der Waals surface area contributed by atoms with Crippen LogP contribution >= 0.6 is 0 Å². The number of hydrogen-bond acceptors (Lipinski definition) is 8. The molecule has 0 radical (unpaired) electrons. The number of pyridine rings is 1. The largest absolute Gasteiger partial charge is 0.481 e. The summed E-state index contributed by atoms with van der Waals surface area (Å²) in [5.41, 5.74) is 1.93. The van der Waals surface area contributed by atoms with E-state index in [1.807, 2.05) is 44.2 Å². The van der Waals surface area contributed by atoms with E-state index in [-0.39, 0.29) is 5.92 Å². The molecule has 0 amide bonds. The highest BCUT2D eigenvalue weighted by Crippen LogP contribution is 2.33. The Balaban J connectivity index is 1.50. The lowest BCUT2D eigenvalue weighted by Gasteiger charge is -2.30. The van der Waals surface area contributed by atoms with Crippen molar-refractivity contribution in [3.05, 3.63) is 54.0 Å². The van der Waals surface area contributed by atoms with E-state index in [1.165, 1.54) is 0 Å². The summed E-state index contributed by atoms with van der Waals surface area (Å²) in [5, 5.41) is 27.5. The number of aliphatic carboxylic acids is 1. The van der Waals surface area contributed by atoms with E-state index in [9.17, 15) is 9.90 Å². The van der Waals surface area contributed by atoms with E-state index < -0.39 is 17.8 Å². The van der Waals surface area contributed by atoms with Crippen molar-refractivity contribution in [2.45, 2.75) is 32.6 Å². The number of rotatable bonds is 10. The fraction of sp³-hybridized carbons (Fsp3) is 0.458. The number of hydrogen-bond donors (Lipinski definition) is 3. The molecule has 34 heavy (non-hydrogen) atoms. The number of carboxylic acid groups (broad SMARTS) is 1. The first-order valence-electron chi connectivity index (χ1n) is 11.6. The number of nitrogens with zero attached hydrogens (tertiary/aromatic N) is 5. The highest BCUT2D eigenvalue weighted by Gasteiger charge is 2.33. The van der Waals surface area contributed by atoms with Crippen molar-refractivity contribution in [3.8, 4) is 11.6 Å². The average Bonchev–Trinajstić information content (AvgIpc) is 3.38. The Morgan fingerprint density at radius 3 is 2.62 bits per heavy atom. The second-order valence-corrected chi connectivity index (χ2v) is 8.97. The predicted molar refractivity (Wildman–Crippen MR) is 127 cm³/mol. The van der Waals surface area contributed by atoms with Crippen LogP contribution in [0.5, 0.6) is 11.6 Å². The number of carbonyl (C=O) groups is 1. The second kappa shape index (κ2) is 11.1. The van der Waals surface area contributed by atoms with Crippen LogP contribution in [-0.2, 0) is 11.2 Å². The quantitative estimate of drug-likeness (QED) is 0.414. The van der Waals surface area contributed by atoms with E-state index in [0.29, 0.717) is 24.5 Å². The standard InChI is InChI=1S/C24H31N7O3/c1-16(2)13-19(24(32)33)18(23-27-29-30-28-23)14-17-7-8-22(26-15-17)34-21-6-4-3-5-20(21)31-11-9-25-10-12-31/h3-8,15-16,18-19,25H,9-14H2,1-2H3,(H,32,33)(H,27,28,29,30). The number of ether oxygens (including phenoxy) is 1. The number of tetrazole rings is 1. The summed E-state index contributed by atoms with van der Waals surface area (Å²) in [6.45, 7) is 7.74. The number of para-hydroxylation sites is 2. The summed E-state index contributed by atoms with van der Waals surface area (Å²) in [6, 6.07) is 11.7. The molecule has 4 rings (SSSR count). The Kier molecular flexibility index (Phi) is 7.69. The van der Waals surface area contributed by atoms with Crippen molar-refractivity contribution in [1.29, 1.82) is 0 Å². The molecule has 1 fully saturated rings. The van der Waals surface area contributed by atoms with Crippen LogP contribution in [0.4, 0.5) is 5.69 Å². The topological polar surface area (TPSA) is 129 Å². The summed E-state index contributed by atoms with van der Waals surface area (Å²) < 4.78 is 6.13. The van der Waals surface area contributed by atoms with Crippen molar-refractivity contribution < 1.29 is 14.6 Å². The lowest BCUT2D eigenvalue weighted by Crippen LogP contribution is -2.43. The van der Waals surface area contributed by atoms with Gasteiger partial charge in [0.05, 0.1) is 11.6 Å². The number of benzene rings is 1. The maximum absolute atomic E-state index is 12.1. The molecule has 3 N–H and O–H groups in total. The average molecular weight is 466 g/mol. The third-order valence-electron chi connectivity index (χ3n) is 6.01. The van der Waals surface area contributed by atoms with Gasteiger partial charge in [0.25, 0.3) is 0 Å². The van der Waals surface area contributed by atoms with Crippen LogP contribution in [0.25, 0.3) is 0 Å². The molecule has 1 aliphatic heterocycles. The van der Waals surface area contributed by atoms with Gasteiger partial charge in [-0.15, -0.1) is 10.2 Å². The zero-order valence-corrected chi connectivity index (χ0v) is 19.5. The summed E-state index contributed by atoms with van der Waals surface area (Å²) in [7, 11) is 0. The summed E-state index contributed by atoms with van der Waals surface area (Å²) in [4.78, 5) is 18.8. The first-order valence-corrected chi connectivity index (χ1v) is 11.6. The van der Waals surface area contributed by atoms with Gasteiger partial charge in [-0.3, -0.25) is 4.79 Å². The maximum Gasteiger partial charge on any atom is 0.307 e. The third-order valence-corrected chi connectivity index (χ3v) is 6.01. The van der Waals surface area contributed by atoms with Gasteiger partial charge in [-0.05, 0) is 36.5 Å². The van der Waals surface area contributed by atoms with Crippen molar-refractivity contribution in [1.82, 2.24) is 30.9 Å². The van der Waals surface area contributed by atoms with Gasteiger partial charge in [0.15, 0.2) is 11.6 Å². The molecule has 0 aliphatic carbocycles. The number of nitrogens with one attached hydrogen (secondary N) is 2. The number of anilines is 1. The minimum atomic E-state index is -0.860. The molecule has 180 valence electrons. The molecule has 10 heteroatoms. The fourth-order valence-electron chi connectivity index (χ4n) is 4.35. The molecule has 10 nitrogen and oxygen atoms in total. The summed E-state index contributed by atoms with van der Waals surface area (Å²) in [5.74, 6) is -0.0314. The minimum absolute atomic E-state index is 0.222. The van der Waals surface area contributed by atoms with E-state index in [4.69, 9.17) is 4.74 Å². The van der Waals surface area contributed by atoms with Crippen LogP contribution in [0.3, 0.4) is 0 Å². The van der Waals surface area contributed by atoms with Crippen LogP contribution in [0.1, 0.15) is 37.6 Å². The molecule has 3 heterocycles. The Morgan fingerprint density at radius 2 is 1.97 bits per heavy atom. The van der Waals surface area contributed by atoms with Crippen LogP contribution in [0, 0.1) is 11.8 Å². The molecule has 1 aliphatic rings. The van der Waals surface area contributed by atoms with Crippen molar-refractivity contribution >= 4 is 11.7 Å². The summed E-state index contributed by atoms with van der Waals surface area (Å²) >= 11 is 0. The number of H-pyrrole nitrogens is 1. The van der Waals surface area contributed by atoms with Crippen LogP contribution in [0.2, 0.25) is 0 Å². The van der Waals surface area contributed by atoms with E-state index in [2.05, 4.69) is 41.9 Å². The lowest BCUT2D eigenvalue weighted by atomic mass is 9.81. The fourth-order valence-corrected chi connectivity index (χ4v) is 4.35. The zero-order valence-electron chi connectivity index (χ0n) is 19.5. The number of aromatic nitrogens is 5. The van der Waals surface area contributed by atoms with Gasteiger partial charge in [0.1, 0.15) is 0 Å². The van der Waals surface area contributed by atoms with Crippen LogP contribution < -0.4 is 15.0 Å². The number of carboxylic acids is 1. The van der Waals surface area contributed by atoms with E-state index in [0.717, 1.165) is 43.2 Å². The Bertz CT molecular complexity index is 1050. The molecule has 0 bridgehead atoms. The van der Waals surface area contributed by atoms with Gasteiger partial charge in [-0.25, -0.2) is 4.98 Å². The van der Waals surface area contributed by atoms with Gasteiger partial charge in [-0.2, -0.15) is 5.21 Å². The normalized spacial score (nSPS) is 15.8. The predicted octanol–water partition coefficient (Wildman–Crippen LogP) is 2.87. The van der Waals surface area contributed by atoms with Gasteiger partial charge >= 0.3 is 5.97 Å². The molecule has 1 saturated heterocycles. The molecule has 1 aromatic carbocycles. The molecule has 2 unspecified atom stereocenters. The highest BCUT2D eigenvalue weighted by molar-refractivity contribution is 5.71. The van der Waals surface area contributed by atoms with Crippen LogP contribution in [-0.4, -0.2) is 62.9 Å². The van der Waals surface area contributed by atoms with Crippen molar-refractivity contribution in [2.75, 3.05) is 31.1 Å². The molecular weight excluding hydrogens is 434 g/mol. The SMILES string of the molecule is CC(C)CC(C(=O)O)C(Cc1ccc(Oc2ccccc2N2CCNCC2)nc1)c1nn[nH]n1. The molecule has 2 aromatic heterocycles. The lowest BCUT2D eigenvalue weighted by molar-refractivity contribution is -0.143. The molecule has 2 atom stereocenters. The smallest absolute Gasteiger partial charge is 0.307 e. The number of aromatic amines is 1. The first-order chi connectivity index (χ1) is 16.5. The van der Waals surface area contributed by atoms with Gasteiger partial charge in [0, 0.05) is 44.4 Å². The number of piperazine rings is 1. The summed E-state index contributed by atoms with van der Waals surface area (Å²) in [6.07, 6.45) is 2.68. The van der Waals surface area contributed by atoms with Crippen molar-refractivity contribution in [3.63, 3.8) is 0 Å². The minimum Gasteiger partial charge on any atom is -0.481 e. The van der Waals surface area contributed by atoms with Gasteiger partial charge < -0.3 is 20.1 Å².